The highest BCUT2D eigenvalue weighted by atomic mass is 16.1. The van der Waals surface area contributed by atoms with Crippen molar-refractivity contribution in [1.82, 2.24) is 10.2 Å². The quantitative estimate of drug-likeness (QED) is 0.690. The number of nitrogens with one attached hydrogen (secondary N) is 1. The summed E-state index contributed by atoms with van der Waals surface area (Å²) >= 11 is 0. The fraction of sp³-hybridized carbons (Fsp3) is 0.900. The number of carbonyl (C=O) groups is 1. The molecule has 1 unspecified atom stereocenters. The second-order valence-corrected chi connectivity index (χ2v) is 4.13. The molecule has 1 heterocycles. The van der Waals surface area contributed by atoms with Crippen LogP contribution in [0.5, 0.6) is 0 Å². The molecule has 0 aromatic heterocycles. The van der Waals surface area contributed by atoms with E-state index in [0.717, 1.165) is 13.1 Å². The third kappa shape index (κ3) is 3.35. The molecule has 0 aromatic carbocycles. The van der Waals surface area contributed by atoms with Crippen LogP contribution < -0.4 is 5.32 Å². The van der Waals surface area contributed by atoms with Crippen LogP contribution in [0.3, 0.4) is 0 Å². The number of hydrogen-bond donors (Lipinski definition) is 1. The molecule has 1 N–H and O–H groups in total. The molecule has 3 nitrogen and oxygen atoms in total. The highest BCUT2D eigenvalue weighted by molar-refractivity contribution is 5.73. The van der Waals surface area contributed by atoms with Gasteiger partial charge < -0.3 is 10.2 Å². The number of amides is 1. The standard InChI is InChI=1S/C10H20N2O/c1-8(11-9(2)13)10-4-6-12(3)7-5-10/h8,10H,4-7H2,1-3H3,(H,11,13). The average Bonchev–Trinajstić information content (AvgIpc) is 2.04. The summed E-state index contributed by atoms with van der Waals surface area (Å²) in [5.41, 5.74) is 0. The monoisotopic (exact) mass is 184 g/mol. The topological polar surface area (TPSA) is 32.3 Å². The minimum Gasteiger partial charge on any atom is -0.354 e. The van der Waals surface area contributed by atoms with Gasteiger partial charge in [0, 0.05) is 13.0 Å². The molecule has 3 heteroatoms. The summed E-state index contributed by atoms with van der Waals surface area (Å²) in [6, 6.07) is 0.339. The summed E-state index contributed by atoms with van der Waals surface area (Å²) in [6.07, 6.45) is 2.41. The van der Waals surface area contributed by atoms with Gasteiger partial charge in [0.2, 0.25) is 5.91 Å². The fourth-order valence-electron chi connectivity index (χ4n) is 1.97. The van der Waals surface area contributed by atoms with E-state index in [4.69, 9.17) is 0 Å². The van der Waals surface area contributed by atoms with Crippen molar-refractivity contribution in [1.29, 1.82) is 0 Å². The zero-order valence-corrected chi connectivity index (χ0v) is 8.84. The number of hydrogen-bond acceptors (Lipinski definition) is 2. The van der Waals surface area contributed by atoms with Gasteiger partial charge in [-0.15, -0.1) is 0 Å². The minimum atomic E-state index is 0.0893. The van der Waals surface area contributed by atoms with Crippen LogP contribution in [0.1, 0.15) is 26.7 Å². The maximum absolute atomic E-state index is 10.8. The lowest BCUT2D eigenvalue weighted by Crippen LogP contribution is -2.42. The lowest BCUT2D eigenvalue weighted by Gasteiger charge is -2.32. The molecule has 13 heavy (non-hydrogen) atoms. The van der Waals surface area contributed by atoms with E-state index in [1.807, 2.05) is 0 Å². The maximum atomic E-state index is 10.8. The van der Waals surface area contributed by atoms with Crippen molar-refractivity contribution < 1.29 is 4.79 Å². The Hall–Kier alpha value is -0.570. The van der Waals surface area contributed by atoms with Crippen molar-refractivity contribution in [2.24, 2.45) is 5.92 Å². The van der Waals surface area contributed by atoms with Gasteiger partial charge in [0.25, 0.3) is 0 Å². The highest BCUT2D eigenvalue weighted by Gasteiger charge is 2.22. The molecule has 76 valence electrons. The molecular formula is C10H20N2O. The predicted molar refractivity (Wildman–Crippen MR) is 53.5 cm³/mol. The Morgan fingerprint density at radius 1 is 1.46 bits per heavy atom. The SMILES string of the molecule is CC(=O)NC(C)C1CCN(C)CC1. The second kappa shape index (κ2) is 4.61. The second-order valence-electron chi connectivity index (χ2n) is 4.13. The van der Waals surface area contributed by atoms with E-state index in [9.17, 15) is 4.79 Å². The van der Waals surface area contributed by atoms with Gasteiger partial charge in [-0.25, -0.2) is 0 Å². The zero-order valence-electron chi connectivity index (χ0n) is 8.84. The molecule has 1 fully saturated rings. The van der Waals surface area contributed by atoms with E-state index in [-0.39, 0.29) is 5.91 Å². The van der Waals surface area contributed by atoms with E-state index in [1.54, 1.807) is 6.92 Å². The molecule has 1 atom stereocenters. The minimum absolute atomic E-state index is 0.0893. The Kier molecular flexibility index (Phi) is 3.72. The Morgan fingerprint density at radius 2 is 2.00 bits per heavy atom. The summed E-state index contributed by atoms with van der Waals surface area (Å²) in [7, 11) is 2.15. The normalized spacial score (nSPS) is 22.7. The summed E-state index contributed by atoms with van der Waals surface area (Å²) < 4.78 is 0. The number of likely N-dealkylation sites (tertiary alicyclic amines) is 1. The fourth-order valence-corrected chi connectivity index (χ4v) is 1.97. The molecule has 1 aliphatic rings. The van der Waals surface area contributed by atoms with Crippen LogP contribution in [0.2, 0.25) is 0 Å². The number of nitrogens with zero attached hydrogens (tertiary/aromatic N) is 1. The molecule has 0 aromatic rings. The summed E-state index contributed by atoms with van der Waals surface area (Å²) in [5.74, 6) is 0.756. The molecule has 0 saturated carbocycles. The largest absolute Gasteiger partial charge is 0.354 e. The Bertz CT molecular complexity index is 174. The first-order chi connectivity index (χ1) is 6.09. The maximum Gasteiger partial charge on any atom is 0.217 e. The number of carbonyl (C=O) groups excluding carboxylic acids is 1. The van der Waals surface area contributed by atoms with Gasteiger partial charge in [0.15, 0.2) is 0 Å². The van der Waals surface area contributed by atoms with Crippen LogP contribution in [0.15, 0.2) is 0 Å². The van der Waals surface area contributed by atoms with E-state index >= 15 is 0 Å². The third-order valence-electron chi connectivity index (χ3n) is 2.90. The lowest BCUT2D eigenvalue weighted by atomic mass is 9.90. The Morgan fingerprint density at radius 3 is 2.46 bits per heavy atom. The average molecular weight is 184 g/mol. The van der Waals surface area contributed by atoms with Crippen LogP contribution in [-0.2, 0) is 4.79 Å². The van der Waals surface area contributed by atoms with E-state index in [0.29, 0.717) is 12.0 Å². The van der Waals surface area contributed by atoms with E-state index in [1.165, 1.54) is 12.8 Å². The lowest BCUT2D eigenvalue weighted by molar-refractivity contribution is -0.120. The van der Waals surface area contributed by atoms with E-state index < -0.39 is 0 Å². The van der Waals surface area contributed by atoms with Crippen molar-refractivity contribution in [2.45, 2.75) is 32.7 Å². The van der Waals surface area contributed by atoms with Gasteiger partial charge >= 0.3 is 0 Å². The number of piperidine rings is 1. The first-order valence-electron chi connectivity index (χ1n) is 5.05. The zero-order chi connectivity index (χ0) is 9.84. The van der Waals surface area contributed by atoms with Gasteiger partial charge in [-0.2, -0.15) is 0 Å². The molecule has 0 spiro atoms. The van der Waals surface area contributed by atoms with Crippen LogP contribution in [0.4, 0.5) is 0 Å². The molecular weight excluding hydrogens is 164 g/mol. The number of rotatable bonds is 2. The van der Waals surface area contributed by atoms with Gasteiger partial charge in [-0.3, -0.25) is 4.79 Å². The molecule has 0 bridgehead atoms. The third-order valence-corrected chi connectivity index (χ3v) is 2.90. The highest BCUT2D eigenvalue weighted by Crippen LogP contribution is 2.19. The molecule has 0 aliphatic carbocycles. The van der Waals surface area contributed by atoms with Gasteiger partial charge in [-0.05, 0) is 45.8 Å². The van der Waals surface area contributed by atoms with E-state index in [2.05, 4.69) is 24.2 Å². The van der Waals surface area contributed by atoms with Crippen LogP contribution in [0.25, 0.3) is 0 Å². The smallest absolute Gasteiger partial charge is 0.217 e. The first-order valence-corrected chi connectivity index (χ1v) is 5.05. The summed E-state index contributed by atoms with van der Waals surface area (Å²) in [6.45, 7) is 6.02. The Balaban J connectivity index is 2.31. The van der Waals surface area contributed by atoms with Gasteiger partial charge in [0.1, 0.15) is 0 Å². The predicted octanol–water partition coefficient (Wildman–Crippen LogP) is 0.853. The van der Waals surface area contributed by atoms with Crippen molar-refractivity contribution in [3.63, 3.8) is 0 Å². The van der Waals surface area contributed by atoms with Crippen molar-refractivity contribution in [3.05, 3.63) is 0 Å². The summed E-state index contributed by atoms with van der Waals surface area (Å²) in [4.78, 5) is 13.2. The molecule has 0 radical (unpaired) electrons. The first kappa shape index (κ1) is 10.5. The van der Waals surface area contributed by atoms with Crippen molar-refractivity contribution in [3.8, 4) is 0 Å². The summed E-state index contributed by atoms with van der Waals surface area (Å²) in [5, 5.41) is 2.97. The molecule has 1 saturated heterocycles. The Labute approximate surface area is 80.5 Å². The van der Waals surface area contributed by atoms with Gasteiger partial charge in [0.05, 0.1) is 0 Å². The molecule has 1 rings (SSSR count). The van der Waals surface area contributed by atoms with Crippen LogP contribution in [0, 0.1) is 5.92 Å². The van der Waals surface area contributed by atoms with Crippen molar-refractivity contribution >= 4 is 5.91 Å². The van der Waals surface area contributed by atoms with Crippen molar-refractivity contribution in [2.75, 3.05) is 20.1 Å². The molecule has 1 amide bonds. The van der Waals surface area contributed by atoms with Crippen LogP contribution >= 0.6 is 0 Å². The van der Waals surface area contributed by atoms with Gasteiger partial charge in [-0.1, -0.05) is 0 Å². The van der Waals surface area contributed by atoms with Crippen LogP contribution in [-0.4, -0.2) is 37.0 Å². The molecule has 1 aliphatic heterocycles.